The van der Waals surface area contributed by atoms with Crippen molar-refractivity contribution in [1.29, 1.82) is 0 Å². The molecule has 0 heterocycles. The Morgan fingerprint density at radius 3 is 2.58 bits per heavy atom. The van der Waals surface area contributed by atoms with Crippen LogP contribution < -0.4 is 0 Å². The van der Waals surface area contributed by atoms with Crippen LogP contribution in [0.3, 0.4) is 0 Å². The molecule has 1 aromatic carbocycles. The molecule has 126 valence electrons. The summed E-state index contributed by atoms with van der Waals surface area (Å²) in [6, 6.07) is 8.38. The summed E-state index contributed by atoms with van der Waals surface area (Å²) in [5.74, 6) is -1.32. The van der Waals surface area contributed by atoms with E-state index in [1.54, 1.807) is 0 Å². The molecule has 0 aliphatic heterocycles. The zero-order chi connectivity index (χ0) is 17.4. The van der Waals surface area contributed by atoms with Gasteiger partial charge in [-0.1, -0.05) is 80.1 Å². The van der Waals surface area contributed by atoms with Crippen molar-refractivity contribution < 1.29 is 9.90 Å². The normalized spacial score (nSPS) is 22.8. The number of carboxylic acids is 1. The Balaban J connectivity index is 2.37. The van der Waals surface area contributed by atoms with Crippen LogP contribution in [0, 0.1) is 5.92 Å². The zero-order valence-corrected chi connectivity index (χ0v) is 14.3. The van der Waals surface area contributed by atoms with Gasteiger partial charge in [-0.15, -0.1) is 6.58 Å². The van der Waals surface area contributed by atoms with Gasteiger partial charge in [0.1, 0.15) is 0 Å². The predicted molar refractivity (Wildman–Crippen MR) is 101 cm³/mol. The fourth-order valence-corrected chi connectivity index (χ4v) is 3.22. The summed E-state index contributed by atoms with van der Waals surface area (Å²) in [5.41, 5.74) is 2.20. The monoisotopic (exact) mass is 322 g/mol. The van der Waals surface area contributed by atoms with E-state index < -0.39 is 11.9 Å². The number of benzene rings is 1. The number of carboxylic acid groups (broad SMARTS) is 1. The first-order valence-electron chi connectivity index (χ1n) is 8.61. The third-order valence-corrected chi connectivity index (χ3v) is 4.45. The Hall–Kier alpha value is -2.35. The van der Waals surface area contributed by atoms with Crippen molar-refractivity contribution in [1.82, 2.24) is 0 Å². The van der Waals surface area contributed by atoms with Crippen LogP contribution in [0.5, 0.6) is 0 Å². The maximum Gasteiger partial charge on any atom is 0.314 e. The summed E-state index contributed by atoms with van der Waals surface area (Å²) in [7, 11) is 0. The van der Waals surface area contributed by atoms with Gasteiger partial charge < -0.3 is 5.11 Å². The Morgan fingerprint density at radius 1 is 1.25 bits per heavy atom. The lowest BCUT2D eigenvalue weighted by Gasteiger charge is -2.32. The highest BCUT2D eigenvalue weighted by Gasteiger charge is 2.31. The Bertz CT molecular complexity index is 650. The average Bonchev–Trinajstić information content (AvgIpc) is 2.60. The molecule has 0 bridgehead atoms. The average molecular weight is 322 g/mol. The highest BCUT2D eigenvalue weighted by atomic mass is 16.4. The minimum atomic E-state index is -0.801. The highest BCUT2D eigenvalue weighted by Crippen LogP contribution is 2.38. The summed E-state index contributed by atoms with van der Waals surface area (Å²) in [4.78, 5) is 11.2. The minimum Gasteiger partial charge on any atom is -0.481 e. The van der Waals surface area contributed by atoms with Crippen LogP contribution in [-0.4, -0.2) is 11.1 Å². The van der Waals surface area contributed by atoms with Gasteiger partial charge in [-0.2, -0.15) is 0 Å². The van der Waals surface area contributed by atoms with Crippen molar-refractivity contribution in [3.63, 3.8) is 0 Å². The maximum absolute atomic E-state index is 11.2. The molecule has 2 heteroatoms. The maximum atomic E-state index is 11.2. The molecule has 24 heavy (non-hydrogen) atoms. The number of allylic oxidation sites excluding steroid dienone is 4. The van der Waals surface area contributed by atoms with Crippen molar-refractivity contribution in [2.24, 2.45) is 5.92 Å². The van der Waals surface area contributed by atoms with Gasteiger partial charge in [0.25, 0.3) is 0 Å². The van der Waals surface area contributed by atoms with Crippen LogP contribution in [0.4, 0.5) is 0 Å². The van der Waals surface area contributed by atoms with Crippen molar-refractivity contribution in [3.05, 3.63) is 78.4 Å². The van der Waals surface area contributed by atoms with Crippen LogP contribution in [0.25, 0.3) is 6.08 Å². The van der Waals surface area contributed by atoms with Crippen LogP contribution in [0.2, 0.25) is 0 Å². The van der Waals surface area contributed by atoms with Gasteiger partial charge in [0.15, 0.2) is 0 Å². The molecule has 0 aromatic heterocycles. The molecule has 1 aromatic rings. The molecule has 1 aliphatic carbocycles. The van der Waals surface area contributed by atoms with Crippen molar-refractivity contribution in [3.8, 4) is 0 Å². The van der Waals surface area contributed by atoms with E-state index in [0.717, 1.165) is 25.7 Å². The lowest BCUT2D eigenvalue weighted by Crippen LogP contribution is -2.26. The molecule has 2 rings (SSSR count). The summed E-state index contributed by atoms with van der Waals surface area (Å²) >= 11 is 0. The smallest absolute Gasteiger partial charge is 0.314 e. The molecule has 0 saturated carbocycles. The van der Waals surface area contributed by atoms with Crippen LogP contribution in [0.1, 0.15) is 43.7 Å². The lowest BCUT2D eigenvalue weighted by atomic mass is 9.71. The second kappa shape index (κ2) is 8.49. The van der Waals surface area contributed by atoms with Crippen molar-refractivity contribution in [2.75, 3.05) is 0 Å². The molecule has 2 nitrogen and oxygen atoms in total. The Labute approximate surface area is 144 Å². The van der Waals surface area contributed by atoms with E-state index in [9.17, 15) is 9.90 Å². The van der Waals surface area contributed by atoms with Gasteiger partial charge in [-0.3, -0.25) is 4.79 Å². The van der Waals surface area contributed by atoms with E-state index in [2.05, 4.69) is 56.0 Å². The van der Waals surface area contributed by atoms with Crippen LogP contribution in [0.15, 0.2) is 67.3 Å². The molecule has 0 amide bonds. The fraction of sp³-hybridized carbons (Fsp3) is 0.318. The molecular formula is C22H26O2. The first-order chi connectivity index (χ1) is 11.6. The van der Waals surface area contributed by atoms with Gasteiger partial charge >= 0.3 is 5.97 Å². The Morgan fingerprint density at radius 2 is 1.96 bits per heavy atom. The van der Waals surface area contributed by atoms with Crippen LogP contribution >= 0.6 is 0 Å². The largest absolute Gasteiger partial charge is 0.481 e. The molecule has 1 aliphatic rings. The van der Waals surface area contributed by atoms with E-state index in [4.69, 9.17) is 0 Å². The number of carbonyl (C=O) groups is 1. The second-order valence-corrected chi connectivity index (χ2v) is 6.23. The van der Waals surface area contributed by atoms with Gasteiger partial charge in [0, 0.05) is 5.41 Å². The quantitative estimate of drug-likeness (QED) is 0.504. The molecule has 0 saturated heterocycles. The lowest BCUT2D eigenvalue weighted by molar-refractivity contribution is -0.138. The van der Waals surface area contributed by atoms with Crippen LogP contribution in [-0.2, 0) is 10.2 Å². The summed E-state index contributed by atoms with van der Waals surface area (Å²) in [6.07, 6.45) is 18.0. The van der Waals surface area contributed by atoms with Crippen molar-refractivity contribution >= 4 is 12.0 Å². The summed E-state index contributed by atoms with van der Waals surface area (Å²) < 4.78 is 0. The first-order valence-corrected chi connectivity index (χ1v) is 8.61. The second-order valence-electron chi connectivity index (χ2n) is 6.23. The fourth-order valence-electron chi connectivity index (χ4n) is 3.22. The number of hydrogen-bond donors (Lipinski definition) is 1. The van der Waals surface area contributed by atoms with E-state index in [1.807, 2.05) is 24.3 Å². The van der Waals surface area contributed by atoms with E-state index in [-0.39, 0.29) is 5.41 Å². The minimum absolute atomic E-state index is 0.222. The summed E-state index contributed by atoms with van der Waals surface area (Å²) in [6.45, 7) is 5.91. The van der Waals surface area contributed by atoms with Gasteiger partial charge in [0.2, 0.25) is 0 Å². The van der Waals surface area contributed by atoms with E-state index in [1.165, 1.54) is 11.1 Å². The number of unbranched alkanes of at least 4 members (excludes halogenated alkanes) is 1. The molecule has 0 fully saturated rings. The van der Waals surface area contributed by atoms with E-state index in [0.29, 0.717) is 0 Å². The SMILES string of the molecule is C=CCC/C=C/c1ccccc1C1(CCC)C=CC(C(=O)O)C=C1. The van der Waals surface area contributed by atoms with Gasteiger partial charge in [-0.25, -0.2) is 0 Å². The highest BCUT2D eigenvalue weighted by molar-refractivity contribution is 5.75. The number of hydrogen-bond acceptors (Lipinski definition) is 1. The molecule has 0 atom stereocenters. The van der Waals surface area contributed by atoms with Gasteiger partial charge in [0.05, 0.1) is 5.92 Å². The third-order valence-electron chi connectivity index (χ3n) is 4.45. The van der Waals surface area contributed by atoms with Gasteiger partial charge in [-0.05, 0) is 30.4 Å². The van der Waals surface area contributed by atoms with E-state index >= 15 is 0 Å². The molecule has 0 unspecified atom stereocenters. The molecule has 0 spiro atoms. The topological polar surface area (TPSA) is 37.3 Å². The Kier molecular flexibility index (Phi) is 6.36. The molecule has 1 N–H and O–H groups in total. The molecular weight excluding hydrogens is 296 g/mol. The standard InChI is InChI=1S/C22H26O2/c1-3-5-6-7-10-18-11-8-9-12-20(18)22(15-4-2)16-13-19(14-17-22)21(23)24/h3,7-14,16-17,19H,1,4-6,15H2,2H3,(H,23,24)/b10-7+. The number of rotatable bonds is 8. The number of aliphatic carboxylic acids is 1. The zero-order valence-electron chi connectivity index (χ0n) is 14.3. The first kappa shape index (κ1) is 18.0. The summed E-state index contributed by atoms with van der Waals surface area (Å²) in [5, 5.41) is 9.21. The predicted octanol–water partition coefficient (Wildman–Crippen LogP) is 5.53. The third kappa shape index (κ3) is 4.14. The molecule has 0 radical (unpaired) electrons. The van der Waals surface area contributed by atoms with Crippen molar-refractivity contribution in [2.45, 2.75) is 38.0 Å².